The van der Waals surface area contributed by atoms with Gasteiger partial charge in [-0.05, 0) is 42.5 Å². The highest BCUT2D eigenvalue weighted by Crippen LogP contribution is 2.48. The molecule has 0 bridgehead atoms. The lowest BCUT2D eigenvalue weighted by Gasteiger charge is -2.30. The summed E-state index contributed by atoms with van der Waals surface area (Å²) in [6.45, 7) is 1.28. The molecule has 5 rings (SSSR count). The summed E-state index contributed by atoms with van der Waals surface area (Å²) in [6.07, 6.45) is 5.00. The van der Waals surface area contributed by atoms with Crippen molar-refractivity contribution < 1.29 is 33.4 Å². The molecule has 0 aliphatic carbocycles. The first kappa shape index (κ1) is 23.3. The topological polar surface area (TPSA) is 115 Å². The second kappa shape index (κ2) is 8.95. The molecular formula is C26H23N3O7. The molecule has 2 fully saturated rings. The number of imide groups is 1. The van der Waals surface area contributed by atoms with Gasteiger partial charge in [-0.2, -0.15) is 5.10 Å². The smallest absolute Gasteiger partial charge is 0.308 e. The Bertz CT molecular complexity index is 1320. The third-order valence-corrected chi connectivity index (χ3v) is 6.59. The molecule has 0 N–H and O–H groups in total. The van der Waals surface area contributed by atoms with Gasteiger partial charge in [0.15, 0.2) is 5.78 Å². The van der Waals surface area contributed by atoms with Gasteiger partial charge >= 0.3 is 5.97 Å². The number of hydrogen-bond acceptors (Lipinski definition) is 9. The number of carbonyl (C=O) groups excluding carboxylic acids is 4. The van der Waals surface area contributed by atoms with E-state index in [1.807, 2.05) is 0 Å². The number of hydrazone groups is 1. The summed E-state index contributed by atoms with van der Waals surface area (Å²) in [6, 6.07) is 9.35. The highest BCUT2D eigenvalue weighted by molar-refractivity contribution is 6.25. The Morgan fingerprint density at radius 2 is 1.61 bits per heavy atom. The van der Waals surface area contributed by atoms with Crippen molar-refractivity contribution in [2.24, 2.45) is 16.9 Å². The standard InChI is InChI=1S/C26H23N3O7/c1-14(30)36-16-8-6-15(7-9-16)24(31)23-22-21(18-5-4-12-27-29(18)23)25(32)28(26(22)33)19-13-17(34-2)10-11-20(19)35-3/h4-13,18,21-23H,1-3H3/t18-,21-,22-,23+/m0/s1. The number of ether oxygens (including phenoxy) is 3. The number of hydrogen-bond donors (Lipinski definition) is 0. The number of ketones is 1. The first-order chi connectivity index (χ1) is 17.3. The molecule has 2 aromatic rings. The van der Waals surface area contributed by atoms with Gasteiger partial charge in [0.05, 0.1) is 37.8 Å². The molecule has 3 heterocycles. The van der Waals surface area contributed by atoms with Crippen LogP contribution in [-0.4, -0.2) is 61.1 Å². The number of carbonyl (C=O) groups is 4. The molecule has 4 atom stereocenters. The predicted octanol–water partition coefficient (Wildman–Crippen LogP) is 2.23. The second-order valence-corrected chi connectivity index (χ2v) is 8.55. The Balaban J connectivity index is 1.54. The van der Waals surface area contributed by atoms with Gasteiger partial charge in [0, 0.05) is 24.8 Å². The maximum Gasteiger partial charge on any atom is 0.308 e. The van der Waals surface area contributed by atoms with Crippen LogP contribution in [0.4, 0.5) is 5.69 Å². The average Bonchev–Trinajstić information content (AvgIpc) is 3.35. The largest absolute Gasteiger partial charge is 0.497 e. The van der Waals surface area contributed by atoms with Crippen LogP contribution in [0.25, 0.3) is 0 Å². The van der Waals surface area contributed by atoms with Crippen LogP contribution in [0.15, 0.2) is 59.7 Å². The summed E-state index contributed by atoms with van der Waals surface area (Å²) in [4.78, 5) is 53.6. The fraction of sp³-hybridized carbons (Fsp3) is 0.269. The van der Waals surface area contributed by atoms with Crippen molar-refractivity contribution in [2.45, 2.75) is 19.0 Å². The Labute approximate surface area is 206 Å². The van der Waals surface area contributed by atoms with E-state index < -0.39 is 41.7 Å². The van der Waals surface area contributed by atoms with Crippen molar-refractivity contribution in [1.29, 1.82) is 0 Å². The number of allylic oxidation sites excluding steroid dienone is 1. The van der Waals surface area contributed by atoms with Crippen molar-refractivity contribution in [1.82, 2.24) is 5.01 Å². The number of rotatable bonds is 6. The molecule has 184 valence electrons. The molecule has 10 heteroatoms. The molecule has 10 nitrogen and oxygen atoms in total. The third kappa shape index (κ3) is 3.62. The number of fused-ring (bicyclic) bond motifs is 3. The molecule has 2 saturated heterocycles. The van der Waals surface area contributed by atoms with Crippen LogP contribution in [0.1, 0.15) is 17.3 Å². The lowest BCUT2D eigenvalue weighted by Crippen LogP contribution is -2.46. The molecule has 0 aromatic heterocycles. The van der Waals surface area contributed by atoms with Crippen molar-refractivity contribution >= 4 is 35.5 Å². The zero-order valence-electron chi connectivity index (χ0n) is 19.8. The highest BCUT2D eigenvalue weighted by atomic mass is 16.5. The maximum absolute atomic E-state index is 13.8. The number of amides is 2. The molecule has 3 aliphatic heterocycles. The van der Waals surface area contributed by atoms with Gasteiger partial charge in [0.25, 0.3) is 0 Å². The molecule has 2 aromatic carbocycles. The minimum atomic E-state index is -1.00. The van der Waals surface area contributed by atoms with E-state index in [4.69, 9.17) is 14.2 Å². The lowest BCUT2D eigenvalue weighted by atomic mass is 9.86. The van der Waals surface area contributed by atoms with Gasteiger partial charge < -0.3 is 14.2 Å². The first-order valence-electron chi connectivity index (χ1n) is 11.3. The summed E-state index contributed by atoms with van der Waals surface area (Å²) in [7, 11) is 2.93. The van der Waals surface area contributed by atoms with Crippen LogP contribution >= 0.6 is 0 Å². The summed E-state index contributed by atoms with van der Waals surface area (Å²) in [5.74, 6) is -2.48. The van der Waals surface area contributed by atoms with E-state index in [0.29, 0.717) is 22.8 Å². The summed E-state index contributed by atoms with van der Waals surface area (Å²) >= 11 is 0. The van der Waals surface area contributed by atoms with E-state index in [0.717, 1.165) is 4.90 Å². The van der Waals surface area contributed by atoms with E-state index in [1.165, 1.54) is 56.6 Å². The summed E-state index contributed by atoms with van der Waals surface area (Å²) in [5, 5.41) is 5.89. The monoisotopic (exact) mass is 489 g/mol. The van der Waals surface area contributed by atoms with Crippen LogP contribution in [0.3, 0.4) is 0 Å². The second-order valence-electron chi connectivity index (χ2n) is 8.55. The quantitative estimate of drug-likeness (QED) is 0.263. The maximum atomic E-state index is 13.8. The van der Waals surface area contributed by atoms with Crippen LogP contribution in [-0.2, 0) is 14.4 Å². The SMILES string of the molecule is COc1ccc(OC)c(N2C(=O)[C@@H]3[C@H](C2=O)[C@H](C(=O)c2ccc(OC(C)=O)cc2)N2N=CC=C[C@@H]32)c1. The molecule has 0 unspecified atom stereocenters. The van der Waals surface area contributed by atoms with Gasteiger partial charge in [-0.1, -0.05) is 6.08 Å². The van der Waals surface area contributed by atoms with Crippen molar-refractivity contribution in [3.05, 3.63) is 60.2 Å². The molecule has 0 saturated carbocycles. The van der Waals surface area contributed by atoms with Gasteiger partial charge in [-0.25, -0.2) is 4.90 Å². The van der Waals surface area contributed by atoms with Gasteiger partial charge in [0.1, 0.15) is 23.3 Å². The van der Waals surface area contributed by atoms with Crippen molar-refractivity contribution in [3.8, 4) is 17.2 Å². The van der Waals surface area contributed by atoms with Gasteiger partial charge in [-0.3, -0.25) is 24.2 Å². The van der Waals surface area contributed by atoms with Gasteiger partial charge in [-0.15, -0.1) is 0 Å². The van der Waals surface area contributed by atoms with Crippen molar-refractivity contribution in [3.63, 3.8) is 0 Å². The minimum Gasteiger partial charge on any atom is -0.497 e. The van der Waals surface area contributed by atoms with E-state index in [9.17, 15) is 19.2 Å². The highest BCUT2D eigenvalue weighted by Gasteiger charge is 2.64. The fourth-order valence-electron chi connectivity index (χ4n) is 5.07. The minimum absolute atomic E-state index is 0.257. The molecular weight excluding hydrogens is 466 g/mol. The Hall–Kier alpha value is -4.47. The zero-order chi connectivity index (χ0) is 25.6. The van der Waals surface area contributed by atoms with Crippen LogP contribution in [0.2, 0.25) is 0 Å². The number of nitrogens with zero attached hydrogens (tertiary/aromatic N) is 3. The number of benzene rings is 2. The number of Topliss-reactive ketones (excluding diaryl/α,β-unsaturated/α-hetero) is 1. The van der Waals surface area contributed by atoms with Gasteiger partial charge in [0.2, 0.25) is 11.8 Å². The lowest BCUT2D eigenvalue weighted by molar-refractivity contribution is -0.132. The average molecular weight is 489 g/mol. The molecule has 0 radical (unpaired) electrons. The van der Waals surface area contributed by atoms with Crippen LogP contribution < -0.4 is 19.1 Å². The van der Waals surface area contributed by atoms with Crippen LogP contribution in [0.5, 0.6) is 17.2 Å². The first-order valence-corrected chi connectivity index (χ1v) is 11.3. The van der Waals surface area contributed by atoms with E-state index in [1.54, 1.807) is 30.4 Å². The Kier molecular flexibility index (Phi) is 5.79. The molecule has 36 heavy (non-hydrogen) atoms. The summed E-state index contributed by atoms with van der Waals surface area (Å²) < 4.78 is 15.7. The molecule has 0 spiro atoms. The summed E-state index contributed by atoms with van der Waals surface area (Å²) in [5.41, 5.74) is 0.561. The normalized spacial score (nSPS) is 24.0. The Morgan fingerprint density at radius 3 is 2.28 bits per heavy atom. The fourth-order valence-corrected chi connectivity index (χ4v) is 5.07. The van der Waals surface area contributed by atoms with E-state index >= 15 is 0 Å². The number of methoxy groups -OCH3 is 2. The van der Waals surface area contributed by atoms with E-state index in [-0.39, 0.29) is 11.5 Å². The Morgan fingerprint density at radius 1 is 0.917 bits per heavy atom. The zero-order valence-corrected chi connectivity index (χ0v) is 19.8. The van der Waals surface area contributed by atoms with Crippen LogP contribution in [0, 0.1) is 11.8 Å². The van der Waals surface area contributed by atoms with E-state index in [2.05, 4.69) is 5.10 Å². The predicted molar refractivity (Wildman–Crippen MR) is 128 cm³/mol. The van der Waals surface area contributed by atoms with Crippen molar-refractivity contribution in [2.75, 3.05) is 19.1 Å². The third-order valence-electron chi connectivity index (χ3n) is 6.59. The number of esters is 1. The molecule has 2 amide bonds. The number of anilines is 1. The molecule has 3 aliphatic rings.